The molecule has 1 unspecified atom stereocenters. The number of benzene rings is 1. The Hall–Kier alpha value is -0.250. The zero-order chi connectivity index (χ0) is 13.5. The van der Waals surface area contributed by atoms with Crippen LogP contribution in [0, 0.1) is 0 Å². The number of carbonyl (C=O) groups is 1. The van der Waals surface area contributed by atoms with Crippen LogP contribution in [0.4, 0.5) is 0 Å². The third-order valence-corrected chi connectivity index (χ3v) is 3.72. The average Bonchev–Trinajstić information content (AvgIpc) is 2.28. The number of alkyl halides is 1. The molecule has 0 aromatic heterocycles. The molecule has 1 amide bonds. The highest BCUT2D eigenvalue weighted by Gasteiger charge is 2.12. The normalized spacial score (nSPS) is 12.2. The van der Waals surface area contributed by atoms with E-state index in [9.17, 15) is 4.79 Å². The first kappa shape index (κ1) is 15.8. The Labute approximate surface area is 126 Å². The molecule has 0 spiro atoms. The van der Waals surface area contributed by atoms with Crippen molar-refractivity contribution in [1.29, 1.82) is 0 Å². The van der Waals surface area contributed by atoms with Gasteiger partial charge in [0, 0.05) is 21.8 Å². The lowest BCUT2D eigenvalue weighted by molar-refractivity contribution is -0.121. The maximum atomic E-state index is 11.7. The third kappa shape index (κ3) is 5.17. The summed E-state index contributed by atoms with van der Waals surface area (Å²) in [6, 6.07) is 5.20. The molecule has 5 heteroatoms. The molecule has 0 fully saturated rings. The minimum Gasteiger partial charge on any atom is -0.350 e. The first-order valence-corrected chi connectivity index (χ1v) is 7.72. The molecule has 0 bridgehead atoms. The predicted octanol–water partition coefficient (Wildman–Crippen LogP) is 4.74. The van der Waals surface area contributed by atoms with Crippen LogP contribution in [0.3, 0.4) is 0 Å². The molecular weight excluding hydrogens is 337 g/mol. The highest BCUT2D eigenvalue weighted by molar-refractivity contribution is 9.09. The van der Waals surface area contributed by atoms with Crippen molar-refractivity contribution in [1.82, 2.24) is 5.32 Å². The topological polar surface area (TPSA) is 29.1 Å². The first-order valence-electron chi connectivity index (χ1n) is 5.85. The molecule has 1 N–H and O–H groups in total. The summed E-state index contributed by atoms with van der Waals surface area (Å²) in [6.45, 7) is 1.91. The van der Waals surface area contributed by atoms with Crippen molar-refractivity contribution in [2.24, 2.45) is 0 Å². The highest BCUT2D eigenvalue weighted by atomic mass is 79.9. The molecule has 100 valence electrons. The zero-order valence-electron chi connectivity index (χ0n) is 10.2. The van der Waals surface area contributed by atoms with Gasteiger partial charge in [-0.05, 0) is 37.5 Å². The molecule has 0 aliphatic carbocycles. The van der Waals surface area contributed by atoms with Gasteiger partial charge in [0.15, 0.2) is 0 Å². The van der Waals surface area contributed by atoms with Gasteiger partial charge in [-0.25, -0.2) is 0 Å². The number of unbranched alkanes of at least 4 members (excludes halogenated alkanes) is 1. The number of hydrogen-bond donors (Lipinski definition) is 1. The van der Waals surface area contributed by atoms with E-state index in [1.807, 2.05) is 13.0 Å². The van der Waals surface area contributed by atoms with E-state index >= 15 is 0 Å². The van der Waals surface area contributed by atoms with E-state index in [1.54, 1.807) is 12.1 Å². The summed E-state index contributed by atoms with van der Waals surface area (Å²) in [5.41, 5.74) is 0.884. The molecule has 0 saturated carbocycles. The van der Waals surface area contributed by atoms with E-state index in [0.29, 0.717) is 16.5 Å². The van der Waals surface area contributed by atoms with Gasteiger partial charge in [-0.3, -0.25) is 4.79 Å². The van der Waals surface area contributed by atoms with Crippen molar-refractivity contribution in [3.05, 3.63) is 33.8 Å². The van der Waals surface area contributed by atoms with E-state index in [0.717, 1.165) is 23.7 Å². The fourth-order valence-corrected chi connectivity index (χ4v) is 2.59. The van der Waals surface area contributed by atoms with Crippen molar-refractivity contribution in [2.45, 2.75) is 32.2 Å². The summed E-state index contributed by atoms with van der Waals surface area (Å²) in [5.74, 6) is 0.0504. The molecule has 18 heavy (non-hydrogen) atoms. The highest BCUT2D eigenvalue weighted by Crippen LogP contribution is 2.26. The minimum atomic E-state index is -0.105. The lowest BCUT2D eigenvalue weighted by atomic mass is 10.1. The zero-order valence-corrected chi connectivity index (χ0v) is 13.3. The van der Waals surface area contributed by atoms with Crippen LogP contribution in [0.25, 0.3) is 0 Å². The van der Waals surface area contributed by atoms with Gasteiger partial charge in [-0.1, -0.05) is 45.2 Å². The second kappa shape index (κ2) is 8.03. The fourth-order valence-electron chi connectivity index (χ4n) is 1.62. The SMILES string of the molecule is CC(NC(=O)CCCCBr)c1ccc(Cl)cc1Cl. The molecule has 1 aromatic carbocycles. The summed E-state index contributed by atoms with van der Waals surface area (Å²) in [5, 5.41) is 5.04. The van der Waals surface area contributed by atoms with Crippen LogP contribution in [-0.4, -0.2) is 11.2 Å². The van der Waals surface area contributed by atoms with Crippen LogP contribution in [0.1, 0.15) is 37.8 Å². The first-order chi connectivity index (χ1) is 8.54. The number of nitrogens with one attached hydrogen (secondary N) is 1. The van der Waals surface area contributed by atoms with Gasteiger partial charge < -0.3 is 5.32 Å². The fraction of sp³-hybridized carbons (Fsp3) is 0.462. The molecule has 0 heterocycles. The lowest BCUT2D eigenvalue weighted by Gasteiger charge is -2.16. The summed E-state index contributed by atoms with van der Waals surface area (Å²) >= 11 is 15.3. The lowest BCUT2D eigenvalue weighted by Crippen LogP contribution is -2.26. The van der Waals surface area contributed by atoms with Gasteiger partial charge in [-0.2, -0.15) is 0 Å². The molecule has 0 radical (unpaired) electrons. The number of halogens is 3. The van der Waals surface area contributed by atoms with E-state index in [1.165, 1.54) is 0 Å². The van der Waals surface area contributed by atoms with Crippen LogP contribution in [-0.2, 0) is 4.79 Å². The van der Waals surface area contributed by atoms with Gasteiger partial charge in [-0.15, -0.1) is 0 Å². The summed E-state index contributed by atoms with van der Waals surface area (Å²) < 4.78 is 0. The minimum absolute atomic E-state index is 0.0504. The number of rotatable bonds is 6. The molecule has 0 aliphatic heterocycles. The van der Waals surface area contributed by atoms with Crippen LogP contribution in [0.2, 0.25) is 10.0 Å². The van der Waals surface area contributed by atoms with Crippen molar-refractivity contribution in [2.75, 3.05) is 5.33 Å². The molecule has 1 atom stereocenters. The smallest absolute Gasteiger partial charge is 0.220 e. The Kier molecular flexibility index (Phi) is 7.05. The number of amides is 1. The molecule has 0 saturated heterocycles. The standard InChI is InChI=1S/C13H16BrCl2NO/c1-9(17-13(18)4-2-3-7-14)11-6-5-10(15)8-12(11)16/h5-6,8-9H,2-4,7H2,1H3,(H,17,18). The summed E-state index contributed by atoms with van der Waals surface area (Å²) in [4.78, 5) is 11.7. The predicted molar refractivity (Wildman–Crippen MR) is 80.7 cm³/mol. The molecular formula is C13H16BrCl2NO. The Morgan fingerprint density at radius 2 is 2.11 bits per heavy atom. The maximum absolute atomic E-state index is 11.7. The molecule has 2 nitrogen and oxygen atoms in total. The Morgan fingerprint density at radius 1 is 1.39 bits per heavy atom. The van der Waals surface area contributed by atoms with Gasteiger partial charge in [0.2, 0.25) is 5.91 Å². The van der Waals surface area contributed by atoms with Gasteiger partial charge >= 0.3 is 0 Å². The van der Waals surface area contributed by atoms with Crippen LogP contribution < -0.4 is 5.32 Å². The van der Waals surface area contributed by atoms with Crippen molar-refractivity contribution < 1.29 is 4.79 Å². The second-order valence-electron chi connectivity index (χ2n) is 4.10. The Balaban J connectivity index is 2.54. The van der Waals surface area contributed by atoms with Crippen LogP contribution >= 0.6 is 39.1 Å². The van der Waals surface area contributed by atoms with Gasteiger partial charge in [0.05, 0.1) is 6.04 Å². The van der Waals surface area contributed by atoms with Gasteiger partial charge in [0.1, 0.15) is 0 Å². The molecule has 1 rings (SSSR count). The maximum Gasteiger partial charge on any atom is 0.220 e. The summed E-state index contributed by atoms with van der Waals surface area (Å²) in [7, 11) is 0. The molecule has 1 aromatic rings. The largest absolute Gasteiger partial charge is 0.350 e. The van der Waals surface area contributed by atoms with Crippen LogP contribution in [0.5, 0.6) is 0 Å². The van der Waals surface area contributed by atoms with Gasteiger partial charge in [0.25, 0.3) is 0 Å². The number of carbonyl (C=O) groups excluding carboxylic acids is 1. The average molecular weight is 353 g/mol. The number of hydrogen-bond acceptors (Lipinski definition) is 1. The quantitative estimate of drug-likeness (QED) is 0.581. The third-order valence-electron chi connectivity index (χ3n) is 2.59. The summed E-state index contributed by atoms with van der Waals surface area (Å²) in [6.07, 6.45) is 2.43. The van der Waals surface area contributed by atoms with E-state index in [4.69, 9.17) is 23.2 Å². The van der Waals surface area contributed by atoms with E-state index in [-0.39, 0.29) is 11.9 Å². The Bertz CT molecular complexity index is 412. The van der Waals surface area contributed by atoms with E-state index < -0.39 is 0 Å². The van der Waals surface area contributed by atoms with Crippen LogP contribution in [0.15, 0.2) is 18.2 Å². The second-order valence-corrected chi connectivity index (χ2v) is 5.74. The van der Waals surface area contributed by atoms with Crippen molar-refractivity contribution >= 4 is 45.0 Å². The monoisotopic (exact) mass is 351 g/mol. The Morgan fingerprint density at radius 3 is 2.72 bits per heavy atom. The van der Waals surface area contributed by atoms with Crippen molar-refractivity contribution in [3.8, 4) is 0 Å². The van der Waals surface area contributed by atoms with Crippen molar-refractivity contribution in [3.63, 3.8) is 0 Å². The molecule has 0 aliphatic rings. The van der Waals surface area contributed by atoms with E-state index in [2.05, 4.69) is 21.2 Å².